The normalized spacial score (nSPS) is 11.4. The van der Waals surface area contributed by atoms with Crippen LogP contribution in [0.3, 0.4) is 0 Å². The van der Waals surface area contributed by atoms with Crippen molar-refractivity contribution in [3.05, 3.63) is 71.4 Å². The van der Waals surface area contributed by atoms with Gasteiger partial charge in [0.1, 0.15) is 26.7 Å². The fourth-order valence-corrected chi connectivity index (χ4v) is 6.35. The van der Waals surface area contributed by atoms with Crippen LogP contribution in [0.15, 0.2) is 65.8 Å². The van der Waals surface area contributed by atoms with Crippen LogP contribution in [0.25, 0.3) is 10.2 Å². The van der Waals surface area contributed by atoms with E-state index in [4.69, 9.17) is 4.74 Å². The maximum absolute atomic E-state index is 13.7. The minimum Gasteiger partial charge on any atom is -0.462 e. The molecule has 0 atom stereocenters. The molecule has 10 heteroatoms. The van der Waals surface area contributed by atoms with Crippen LogP contribution in [0.2, 0.25) is 0 Å². The Kier molecular flexibility index (Phi) is 6.80. The molecular weight excluding hydrogens is 472 g/mol. The summed E-state index contributed by atoms with van der Waals surface area (Å²) < 4.78 is 33.8. The number of thiophene rings is 1. The molecule has 1 N–H and O–H groups in total. The summed E-state index contributed by atoms with van der Waals surface area (Å²) in [6.45, 7) is 5.88. The first-order valence-corrected chi connectivity index (χ1v) is 13.0. The number of rotatable bonds is 8. The Morgan fingerprint density at radius 2 is 1.76 bits per heavy atom. The van der Waals surface area contributed by atoms with Crippen LogP contribution >= 0.6 is 11.3 Å². The lowest BCUT2D eigenvalue weighted by Crippen LogP contribution is -2.31. The summed E-state index contributed by atoms with van der Waals surface area (Å²) in [4.78, 5) is 22.2. The van der Waals surface area contributed by atoms with E-state index < -0.39 is 16.0 Å². The molecule has 0 fully saturated rings. The number of carbonyl (C=O) groups is 1. The van der Waals surface area contributed by atoms with Crippen LogP contribution < -0.4 is 9.62 Å². The third-order valence-corrected chi connectivity index (χ3v) is 8.37. The van der Waals surface area contributed by atoms with E-state index in [9.17, 15) is 13.2 Å². The van der Waals surface area contributed by atoms with Crippen molar-refractivity contribution in [2.45, 2.75) is 25.7 Å². The quantitative estimate of drug-likeness (QED) is 0.337. The SMILES string of the molecule is CCOC(=O)c1sc2ncnc(Nc3ccccc3S(=O)(=O)N(CC)c3ccccc3)c2c1C. The average Bonchev–Trinajstić information content (AvgIpc) is 3.18. The van der Waals surface area contributed by atoms with Gasteiger partial charge < -0.3 is 10.1 Å². The van der Waals surface area contributed by atoms with Gasteiger partial charge in [-0.05, 0) is 50.6 Å². The van der Waals surface area contributed by atoms with Gasteiger partial charge in [0.15, 0.2) is 0 Å². The molecule has 0 unspecified atom stereocenters. The van der Waals surface area contributed by atoms with Crippen LogP contribution in [0.5, 0.6) is 0 Å². The molecule has 0 aliphatic rings. The highest BCUT2D eigenvalue weighted by Crippen LogP contribution is 2.36. The number of para-hydroxylation sites is 2. The van der Waals surface area contributed by atoms with Gasteiger partial charge in [0.25, 0.3) is 10.0 Å². The molecule has 4 aromatic rings. The number of aromatic nitrogens is 2. The highest BCUT2D eigenvalue weighted by atomic mass is 32.2. The Bertz CT molecular complexity index is 1440. The lowest BCUT2D eigenvalue weighted by molar-refractivity contribution is 0.0531. The molecule has 0 bridgehead atoms. The maximum atomic E-state index is 13.7. The summed E-state index contributed by atoms with van der Waals surface area (Å²) in [5.41, 5.74) is 1.64. The van der Waals surface area contributed by atoms with E-state index in [2.05, 4.69) is 15.3 Å². The first-order chi connectivity index (χ1) is 16.4. The second-order valence-corrected chi connectivity index (χ2v) is 10.1. The average molecular weight is 497 g/mol. The number of hydrogen-bond donors (Lipinski definition) is 1. The Hall–Kier alpha value is -3.50. The molecule has 176 valence electrons. The minimum absolute atomic E-state index is 0.117. The van der Waals surface area contributed by atoms with Crippen molar-refractivity contribution in [2.24, 2.45) is 0 Å². The van der Waals surface area contributed by atoms with Crippen molar-refractivity contribution in [1.29, 1.82) is 0 Å². The monoisotopic (exact) mass is 496 g/mol. The van der Waals surface area contributed by atoms with Crippen LogP contribution in [0, 0.1) is 6.92 Å². The van der Waals surface area contributed by atoms with Gasteiger partial charge in [-0.2, -0.15) is 0 Å². The van der Waals surface area contributed by atoms with Crippen molar-refractivity contribution >= 4 is 54.7 Å². The highest BCUT2D eigenvalue weighted by molar-refractivity contribution is 7.93. The Balaban J connectivity index is 1.78. The summed E-state index contributed by atoms with van der Waals surface area (Å²) >= 11 is 1.22. The number of hydrogen-bond acceptors (Lipinski definition) is 8. The van der Waals surface area contributed by atoms with Gasteiger partial charge in [0.2, 0.25) is 0 Å². The number of carbonyl (C=O) groups excluding carboxylic acids is 1. The van der Waals surface area contributed by atoms with E-state index in [-0.39, 0.29) is 18.0 Å². The van der Waals surface area contributed by atoms with Gasteiger partial charge in [-0.15, -0.1) is 11.3 Å². The van der Waals surface area contributed by atoms with E-state index in [0.717, 1.165) is 0 Å². The zero-order valence-corrected chi connectivity index (χ0v) is 20.6. The number of esters is 1. The minimum atomic E-state index is -3.88. The van der Waals surface area contributed by atoms with Gasteiger partial charge in [0, 0.05) is 6.54 Å². The molecule has 0 radical (unpaired) electrons. The molecular formula is C24H24N4O4S2. The van der Waals surface area contributed by atoms with Gasteiger partial charge in [-0.1, -0.05) is 30.3 Å². The largest absolute Gasteiger partial charge is 0.462 e. The molecule has 0 spiro atoms. The molecule has 0 amide bonds. The third kappa shape index (κ3) is 4.34. The molecule has 2 aromatic carbocycles. The van der Waals surface area contributed by atoms with Gasteiger partial charge in [-0.3, -0.25) is 4.31 Å². The number of fused-ring (bicyclic) bond motifs is 1. The molecule has 0 aliphatic heterocycles. The van der Waals surface area contributed by atoms with Crippen LogP contribution in [0.1, 0.15) is 29.1 Å². The van der Waals surface area contributed by atoms with Crippen LogP contribution in [-0.4, -0.2) is 37.5 Å². The molecule has 34 heavy (non-hydrogen) atoms. The molecule has 0 saturated heterocycles. The Morgan fingerprint density at radius 1 is 1.06 bits per heavy atom. The summed E-state index contributed by atoms with van der Waals surface area (Å²) in [6, 6.07) is 15.6. The fraction of sp³-hybridized carbons (Fsp3) is 0.208. The summed E-state index contributed by atoms with van der Waals surface area (Å²) in [5, 5.41) is 3.83. The Labute approximate surface area is 202 Å². The zero-order valence-electron chi connectivity index (χ0n) is 19.0. The first-order valence-electron chi connectivity index (χ1n) is 10.7. The Morgan fingerprint density at radius 3 is 2.47 bits per heavy atom. The standard InChI is InChI=1S/C24H24N4O4S2/c1-4-28(17-11-7-6-8-12-17)34(30,31)19-14-10-9-13-18(19)27-22-20-16(3)21(24(29)32-5-2)33-23(20)26-15-25-22/h6-15H,4-5H2,1-3H3,(H,25,26,27). The molecule has 0 aliphatic carbocycles. The first kappa shape index (κ1) is 23.7. The third-order valence-electron chi connectivity index (χ3n) is 5.23. The molecule has 4 rings (SSSR count). The van der Waals surface area contributed by atoms with E-state index >= 15 is 0 Å². The van der Waals surface area contributed by atoms with E-state index in [1.165, 1.54) is 22.0 Å². The number of aryl methyl sites for hydroxylation is 1. The van der Waals surface area contributed by atoms with E-state index in [1.807, 2.05) is 6.07 Å². The van der Waals surface area contributed by atoms with E-state index in [0.29, 0.717) is 37.8 Å². The predicted molar refractivity (Wildman–Crippen MR) is 134 cm³/mol. The summed E-state index contributed by atoms with van der Waals surface area (Å²) in [7, 11) is -3.88. The molecule has 8 nitrogen and oxygen atoms in total. The van der Waals surface area contributed by atoms with Gasteiger partial charge in [-0.25, -0.2) is 23.2 Å². The van der Waals surface area contributed by atoms with Gasteiger partial charge >= 0.3 is 5.97 Å². The number of anilines is 3. The topological polar surface area (TPSA) is 101 Å². The van der Waals surface area contributed by atoms with Gasteiger partial charge in [0.05, 0.1) is 23.4 Å². The fourth-order valence-electron chi connectivity index (χ4n) is 3.68. The zero-order chi connectivity index (χ0) is 24.3. The lowest BCUT2D eigenvalue weighted by Gasteiger charge is -2.24. The van der Waals surface area contributed by atoms with Crippen molar-refractivity contribution in [2.75, 3.05) is 22.8 Å². The molecule has 0 saturated carbocycles. The number of nitrogens with zero attached hydrogens (tertiary/aromatic N) is 3. The predicted octanol–water partition coefficient (Wildman–Crippen LogP) is 5.14. The highest BCUT2D eigenvalue weighted by Gasteiger charge is 2.27. The van der Waals surface area contributed by atoms with Crippen molar-refractivity contribution in [3.8, 4) is 0 Å². The summed E-state index contributed by atoms with van der Waals surface area (Å²) in [5.74, 6) is -0.00177. The molecule has 2 heterocycles. The number of ether oxygens (including phenoxy) is 1. The van der Waals surface area contributed by atoms with Crippen molar-refractivity contribution < 1.29 is 17.9 Å². The molecule has 2 aromatic heterocycles. The second kappa shape index (κ2) is 9.78. The van der Waals surface area contributed by atoms with Crippen molar-refractivity contribution in [3.63, 3.8) is 0 Å². The number of nitrogens with one attached hydrogen (secondary N) is 1. The van der Waals surface area contributed by atoms with E-state index in [1.54, 1.807) is 69.3 Å². The second-order valence-electron chi connectivity index (χ2n) is 7.31. The van der Waals surface area contributed by atoms with Crippen LogP contribution in [0.4, 0.5) is 17.2 Å². The lowest BCUT2D eigenvalue weighted by atomic mass is 10.2. The summed E-state index contributed by atoms with van der Waals surface area (Å²) in [6.07, 6.45) is 1.38. The maximum Gasteiger partial charge on any atom is 0.348 e. The smallest absolute Gasteiger partial charge is 0.348 e. The number of benzene rings is 2. The number of sulfonamides is 1. The van der Waals surface area contributed by atoms with Crippen molar-refractivity contribution in [1.82, 2.24) is 9.97 Å². The van der Waals surface area contributed by atoms with Crippen LogP contribution in [-0.2, 0) is 14.8 Å².